The first-order chi connectivity index (χ1) is 10.3. The molecule has 0 fully saturated rings. The lowest BCUT2D eigenvalue weighted by Gasteiger charge is -2.09. The zero-order chi connectivity index (χ0) is 14.5. The molecule has 5 nitrogen and oxygen atoms in total. The van der Waals surface area contributed by atoms with Gasteiger partial charge in [-0.2, -0.15) is 4.98 Å². The number of hydrogen-bond acceptors (Lipinski definition) is 6. The SMILES string of the molecule is O=C(Nc1ccccc1SCc1ncon1)c1cccs1. The maximum atomic E-state index is 12.1. The number of amides is 1. The Morgan fingerprint density at radius 2 is 2.19 bits per heavy atom. The number of carbonyl (C=O) groups is 1. The molecule has 2 aromatic heterocycles. The van der Waals surface area contributed by atoms with Gasteiger partial charge in [-0.25, -0.2) is 0 Å². The van der Waals surface area contributed by atoms with Crippen LogP contribution in [0.1, 0.15) is 15.5 Å². The molecule has 0 unspecified atom stereocenters. The summed E-state index contributed by atoms with van der Waals surface area (Å²) in [7, 11) is 0. The van der Waals surface area contributed by atoms with E-state index in [2.05, 4.69) is 15.5 Å². The molecule has 3 aromatic rings. The molecule has 1 aromatic carbocycles. The number of aromatic nitrogens is 2. The Labute approximate surface area is 129 Å². The third-order valence-electron chi connectivity index (χ3n) is 2.64. The van der Waals surface area contributed by atoms with E-state index in [0.29, 0.717) is 16.5 Å². The van der Waals surface area contributed by atoms with Crippen LogP contribution in [0.3, 0.4) is 0 Å². The van der Waals surface area contributed by atoms with Gasteiger partial charge in [-0.15, -0.1) is 23.1 Å². The number of nitrogens with zero attached hydrogens (tertiary/aromatic N) is 2. The van der Waals surface area contributed by atoms with Crippen LogP contribution >= 0.6 is 23.1 Å². The highest BCUT2D eigenvalue weighted by Crippen LogP contribution is 2.29. The summed E-state index contributed by atoms with van der Waals surface area (Å²) in [5.74, 6) is 1.11. The van der Waals surface area contributed by atoms with Gasteiger partial charge in [0.05, 0.1) is 16.3 Å². The molecule has 0 saturated heterocycles. The molecule has 21 heavy (non-hydrogen) atoms. The monoisotopic (exact) mass is 317 g/mol. The van der Waals surface area contributed by atoms with Crippen LogP contribution < -0.4 is 5.32 Å². The number of hydrogen-bond donors (Lipinski definition) is 1. The van der Waals surface area contributed by atoms with Crippen molar-refractivity contribution in [3.8, 4) is 0 Å². The Morgan fingerprint density at radius 3 is 2.95 bits per heavy atom. The van der Waals surface area contributed by atoms with E-state index in [9.17, 15) is 4.79 Å². The number of para-hydroxylation sites is 1. The molecule has 3 rings (SSSR count). The first-order valence-electron chi connectivity index (χ1n) is 6.15. The topological polar surface area (TPSA) is 68.0 Å². The summed E-state index contributed by atoms with van der Waals surface area (Å²) in [6, 6.07) is 11.3. The molecular weight excluding hydrogens is 306 g/mol. The zero-order valence-corrected chi connectivity index (χ0v) is 12.5. The van der Waals surface area contributed by atoms with Crippen LogP contribution in [0, 0.1) is 0 Å². The third kappa shape index (κ3) is 3.50. The molecule has 0 aliphatic rings. The number of anilines is 1. The minimum absolute atomic E-state index is 0.0994. The fourth-order valence-corrected chi connectivity index (χ4v) is 3.17. The van der Waals surface area contributed by atoms with Crippen LogP contribution in [-0.4, -0.2) is 16.0 Å². The predicted octanol–water partition coefficient (Wildman–Crippen LogP) is 3.68. The van der Waals surface area contributed by atoms with E-state index in [1.807, 2.05) is 35.7 Å². The third-order valence-corrected chi connectivity index (χ3v) is 4.58. The van der Waals surface area contributed by atoms with E-state index < -0.39 is 0 Å². The molecule has 106 valence electrons. The van der Waals surface area contributed by atoms with Crippen molar-refractivity contribution in [2.45, 2.75) is 10.6 Å². The first kappa shape index (κ1) is 13.8. The van der Waals surface area contributed by atoms with Crippen LogP contribution in [0.25, 0.3) is 0 Å². The van der Waals surface area contributed by atoms with E-state index in [-0.39, 0.29) is 5.91 Å². The van der Waals surface area contributed by atoms with Crippen molar-refractivity contribution in [2.24, 2.45) is 0 Å². The summed E-state index contributed by atoms with van der Waals surface area (Å²) in [5, 5.41) is 8.58. The molecule has 0 bridgehead atoms. The Morgan fingerprint density at radius 1 is 1.29 bits per heavy atom. The summed E-state index contributed by atoms with van der Waals surface area (Å²) in [6.07, 6.45) is 1.31. The van der Waals surface area contributed by atoms with Gasteiger partial charge in [-0.1, -0.05) is 23.4 Å². The maximum Gasteiger partial charge on any atom is 0.265 e. The molecular formula is C14H11N3O2S2. The quantitative estimate of drug-likeness (QED) is 0.727. The van der Waals surface area contributed by atoms with Crippen LogP contribution in [0.15, 0.2) is 57.6 Å². The number of rotatable bonds is 5. The first-order valence-corrected chi connectivity index (χ1v) is 8.01. The van der Waals surface area contributed by atoms with Crippen LogP contribution in [-0.2, 0) is 5.75 Å². The zero-order valence-electron chi connectivity index (χ0n) is 10.9. The van der Waals surface area contributed by atoms with Gasteiger partial charge in [-0.3, -0.25) is 4.79 Å². The number of thioether (sulfide) groups is 1. The smallest absolute Gasteiger partial charge is 0.265 e. The summed E-state index contributed by atoms with van der Waals surface area (Å²) in [6.45, 7) is 0. The Kier molecular flexibility index (Phi) is 4.32. The van der Waals surface area contributed by atoms with Gasteiger partial charge in [0.2, 0.25) is 6.39 Å². The van der Waals surface area contributed by atoms with Gasteiger partial charge in [0.25, 0.3) is 5.91 Å². The molecule has 1 N–H and O–H groups in total. The Hall–Kier alpha value is -2.12. The lowest BCUT2D eigenvalue weighted by Crippen LogP contribution is -2.10. The summed E-state index contributed by atoms with van der Waals surface area (Å²) in [5.41, 5.74) is 0.782. The van der Waals surface area contributed by atoms with Gasteiger partial charge in [0, 0.05) is 4.90 Å². The molecule has 0 spiro atoms. The lowest BCUT2D eigenvalue weighted by molar-refractivity contribution is 0.103. The summed E-state index contributed by atoms with van der Waals surface area (Å²) in [4.78, 5) is 17.7. The number of thiophene rings is 1. The van der Waals surface area contributed by atoms with E-state index >= 15 is 0 Å². The number of carbonyl (C=O) groups excluding carboxylic acids is 1. The van der Waals surface area contributed by atoms with E-state index in [1.54, 1.807) is 17.8 Å². The van der Waals surface area contributed by atoms with Gasteiger partial charge in [0.1, 0.15) is 0 Å². The van der Waals surface area contributed by atoms with Crippen molar-refractivity contribution >= 4 is 34.7 Å². The average molecular weight is 317 g/mol. The van der Waals surface area contributed by atoms with Crippen molar-refractivity contribution in [2.75, 3.05) is 5.32 Å². The highest BCUT2D eigenvalue weighted by Gasteiger charge is 2.10. The molecule has 1 amide bonds. The average Bonchev–Trinajstić information content (AvgIpc) is 3.20. The largest absolute Gasteiger partial charge is 0.343 e. The normalized spacial score (nSPS) is 10.5. The molecule has 0 saturated carbocycles. The molecule has 0 radical (unpaired) electrons. The van der Waals surface area contributed by atoms with Crippen molar-refractivity contribution < 1.29 is 9.32 Å². The van der Waals surface area contributed by atoms with Crippen LogP contribution in [0.5, 0.6) is 0 Å². The minimum Gasteiger partial charge on any atom is -0.343 e. The molecule has 0 atom stereocenters. The van der Waals surface area contributed by atoms with Gasteiger partial charge in [0.15, 0.2) is 5.82 Å². The van der Waals surface area contributed by atoms with Crippen molar-refractivity contribution in [3.63, 3.8) is 0 Å². The molecule has 2 heterocycles. The van der Waals surface area contributed by atoms with E-state index in [4.69, 9.17) is 4.52 Å². The van der Waals surface area contributed by atoms with E-state index in [1.165, 1.54) is 17.7 Å². The fraction of sp³-hybridized carbons (Fsp3) is 0.0714. The minimum atomic E-state index is -0.0994. The molecule has 0 aliphatic carbocycles. The summed E-state index contributed by atoms with van der Waals surface area (Å²) >= 11 is 2.96. The fourth-order valence-electron chi connectivity index (χ4n) is 1.69. The highest BCUT2D eigenvalue weighted by molar-refractivity contribution is 7.98. The van der Waals surface area contributed by atoms with Crippen molar-refractivity contribution in [1.82, 2.24) is 10.1 Å². The molecule has 7 heteroatoms. The second-order valence-electron chi connectivity index (χ2n) is 4.06. The van der Waals surface area contributed by atoms with E-state index in [0.717, 1.165) is 10.6 Å². The van der Waals surface area contributed by atoms with Gasteiger partial charge < -0.3 is 9.84 Å². The summed E-state index contributed by atoms with van der Waals surface area (Å²) < 4.78 is 4.70. The van der Waals surface area contributed by atoms with Crippen LogP contribution in [0.4, 0.5) is 5.69 Å². The second-order valence-corrected chi connectivity index (χ2v) is 6.03. The predicted molar refractivity (Wildman–Crippen MR) is 82.6 cm³/mol. The Balaban J connectivity index is 1.71. The standard InChI is InChI=1S/C14H11N3O2S2/c18-14(12-6-3-7-20-12)16-10-4-1-2-5-11(10)21-8-13-15-9-19-17-13/h1-7,9H,8H2,(H,16,18). The van der Waals surface area contributed by atoms with Gasteiger partial charge in [-0.05, 0) is 23.6 Å². The van der Waals surface area contributed by atoms with Crippen LogP contribution in [0.2, 0.25) is 0 Å². The number of nitrogens with one attached hydrogen (secondary N) is 1. The van der Waals surface area contributed by atoms with Gasteiger partial charge >= 0.3 is 0 Å². The molecule has 0 aliphatic heterocycles. The number of benzene rings is 1. The lowest BCUT2D eigenvalue weighted by atomic mass is 10.3. The highest BCUT2D eigenvalue weighted by atomic mass is 32.2. The van der Waals surface area contributed by atoms with Crippen molar-refractivity contribution in [3.05, 3.63) is 58.9 Å². The second kappa shape index (κ2) is 6.55. The Bertz CT molecular complexity index is 712. The maximum absolute atomic E-state index is 12.1. The van der Waals surface area contributed by atoms with Crippen molar-refractivity contribution in [1.29, 1.82) is 0 Å².